The van der Waals surface area contributed by atoms with Gasteiger partial charge >= 0.3 is 5.97 Å². The largest absolute Gasteiger partial charge is 0.480 e. The molecule has 3 aromatic rings. The minimum Gasteiger partial charge on any atom is -0.480 e. The molecule has 14 heteroatoms. The zero-order chi connectivity index (χ0) is 28.8. The first-order valence-corrected chi connectivity index (χ1v) is 14.9. The Bertz CT molecular complexity index is 1690. The predicted octanol–water partition coefficient (Wildman–Crippen LogP) is 3.32. The summed E-state index contributed by atoms with van der Waals surface area (Å²) in [5.41, 5.74) is 2.51. The normalized spacial score (nSPS) is 17.6. The number of ether oxygens (including phenoxy) is 1. The highest BCUT2D eigenvalue weighted by Crippen LogP contribution is 2.35. The smallest absolute Gasteiger partial charge is 0.326 e. The molecule has 40 heavy (non-hydrogen) atoms. The second-order valence-corrected chi connectivity index (χ2v) is 12.4. The number of H-pyrrole nitrogens is 1. The Morgan fingerprint density at radius 1 is 1.27 bits per heavy atom. The van der Waals surface area contributed by atoms with Gasteiger partial charge < -0.3 is 20.1 Å². The number of sulfone groups is 1. The minimum atomic E-state index is -3.57. The SMILES string of the molecule is CS(=O)(=O)C1=CCC(C[C@H](NC(=O)c2c(Cl)cc3c(c2Cl)CCN(C(=O)c2ccc4cn[nH]c4c2)C3)C(=O)O)O1. The van der Waals surface area contributed by atoms with Crippen molar-refractivity contribution in [3.05, 3.63) is 73.9 Å². The summed E-state index contributed by atoms with van der Waals surface area (Å²) in [6.45, 7) is 0.574. The van der Waals surface area contributed by atoms with Crippen molar-refractivity contribution < 1.29 is 32.6 Å². The number of carbonyl (C=O) groups excluding carboxylic acids is 2. The molecule has 0 spiro atoms. The molecule has 2 aromatic carbocycles. The summed E-state index contributed by atoms with van der Waals surface area (Å²) in [6.07, 6.45) is 3.69. The van der Waals surface area contributed by atoms with Crippen LogP contribution in [0.5, 0.6) is 0 Å². The van der Waals surface area contributed by atoms with Crippen molar-refractivity contribution in [2.75, 3.05) is 12.8 Å². The monoisotopic (exact) mass is 606 g/mol. The summed E-state index contributed by atoms with van der Waals surface area (Å²) in [7, 11) is -3.57. The molecular formula is C26H24Cl2N4O7S. The van der Waals surface area contributed by atoms with E-state index < -0.39 is 33.9 Å². The van der Waals surface area contributed by atoms with Crippen molar-refractivity contribution in [3.63, 3.8) is 0 Å². The van der Waals surface area contributed by atoms with Gasteiger partial charge in [-0.25, -0.2) is 13.2 Å². The fraction of sp³-hybridized carbons (Fsp3) is 0.308. The number of rotatable bonds is 7. The van der Waals surface area contributed by atoms with Crippen molar-refractivity contribution >= 4 is 61.7 Å². The number of carbonyl (C=O) groups is 3. The number of amides is 2. The van der Waals surface area contributed by atoms with Crippen LogP contribution in [0.3, 0.4) is 0 Å². The number of aromatic amines is 1. The fourth-order valence-electron chi connectivity index (χ4n) is 4.87. The molecule has 2 aliphatic rings. The number of nitrogens with one attached hydrogen (secondary N) is 2. The van der Waals surface area contributed by atoms with Crippen molar-refractivity contribution in [2.24, 2.45) is 0 Å². The molecule has 3 heterocycles. The summed E-state index contributed by atoms with van der Waals surface area (Å²) < 4.78 is 28.7. The maximum absolute atomic E-state index is 13.2. The molecule has 3 N–H and O–H groups in total. The van der Waals surface area contributed by atoms with Crippen LogP contribution in [-0.2, 0) is 32.3 Å². The lowest BCUT2D eigenvalue weighted by Gasteiger charge is -2.30. The molecule has 0 aliphatic carbocycles. The Hall–Kier alpha value is -3.61. The van der Waals surface area contributed by atoms with Crippen molar-refractivity contribution in [3.8, 4) is 0 Å². The van der Waals surface area contributed by atoms with Crippen LogP contribution in [0.1, 0.15) is 44.7 Å². The van der Waals surface area contributed by atoms with Crippen molar-refractivity contribution in [1.82, 2.24) is 20.4 Å². The molecule has 1 unspecified atom stereocenters. The number of aliphatic carboxylic acids is 1. The van der Waals surface area contributed by atoms with Gasteiger partial charge in [0.15, 0.2) is 0 Å². The first-order chi connectivity index (χ1) is 18.9. The number of hydrogen-bond acceptors (Lipinski definition) is 7. The average molecular weight is 607 g/mol. The van der Waals surface area contributed by atoms with E-state index in [4.69, 9.17) is 27.9 Å². The van der Waals surface area contributed by atoms with Gasteiger partial charge in [-0.05, 0) is 41.8 Å². The first-order valence-electron chi connectivity index (χ1n) is 12.2. The number of carboxylic acid groups (broad SMARTS) is 1. The average Bonchev–Trinajstić information content (AvgIpc) is 3.56. The van der Waals surface area contributed by atoms with Gasteiger partial charge in [-0.3, -0.25) is 14.7 Å². The van der Waals surface area contributed by atoms with E-state index in [-0.39, 0.29) is 46.0 Å². The topological polar surface area (TPSA) is 159 Å². The van der Waals surface area contributed by atoms with Gasteiger partial charge in [-0.15, -0.1) is 0 Å². The van der Waals surface area contributed by atoms with E-state index in [0.29, 0.717) is 29.7 Å². The van der Waals surface area contributed by atoms with Gasteiger partial charge in [-0.1, -0.05) is 29.3 Å². The lowest BCUT2D eigenvalue weighted by molar-refractivity contribution is -0.140. The van der Waals surface area contributed by atoms with E-state index in [9.17, 15) is 27.9 Å². The quantitative estimate of drug-likeness (QED) is 0.369. The van der Waals surface area contributed by atoms with Crippen LogP contribution in [0.2, 0.25) is 10.0 Å². The molecule has 0 radical (unpaired) electrons. The van der Waals surface area contributed by atoms with E-state index in [2.05, 4.69) is 15.5 Å². The summed E-state index contributed by atoms with van der Waals surface area (Å²) in [5, 5.41) is 19.7. The fourth-order valence-corrected chi connectivity index (χ4v) is 6.35. The predicted molar refractivity (Wildman–Crippen MR) is 147 cm³/mol. The minimum absolute atomic E-state index is 0.0108. The molecule has 2 atom stereocenters. The van der Waals surface area contributed by atoms with Crippen LogP contribution in [0.4, 0.5) is 0 Å². The third kappa shape index (κ3) is 5.51. The molecule has 0 bridgehead atoms. The molecule has 0 fully saturated rings. The molecule has 0 saturated heterocycles. The third-order valence-electron chi connectivity index (χ3n) is 6.91. The van der Waals surface area contributed by atoms with E-state index in [1.807, 2.05) is 6.07 Å². The van der Waals surface area contributed by atoms with Crippen LogP contribution in [0.25, 0.3) is 10.9 Å². The van der Waals surface area contributed by atoms with Crippen LogP contribution in [0.15, 0.2) is 41.6 Å². The summed E-state index contributed by atoms with van der Waals surface area (Å²) in [4.78, 5) is 39.9. The van der Waals surface area contributed by atoms with Gasteiger partial charge in [0.05, 0.1) is 27.3 Å². The highest BCUT2D eigenvalue weighted by Gasteiger charge is 2.33. The van der Waals surface area contributed by atoms with Gasteiger partial charge in [0.1, 0.15) is 12.1 Å². The number of benzene rings is 2. The second-order valence-electron chi connectivity index (χ2n) is 9.70. The molecule has 2 aliphatic heterocycles. The summed E-state index contributed by atoms with van der Waals surface area (Å²) >= 11 is 13.1. The standard InChI is InChI=1S/C26H24Cl2N4O7S/c1-40(37,38)21-5-4-16(39-21)10-20(26(35)36)30-24(33)22-18(27)8-15-12-32(7-6-17(15)23(22)28)25(34)13-2-3-14-11-29-31-19(14)9-13/h2-3,5,8-9,11,16,20H,4,6-7,10,12H2,1H3,(H,29,31)(H,30,33)(H,35,36)/t16?,20-/m0/s1. The van der Waals surface area contributed by atoms with E-state index in [1.54, 1.807) is 29.3 Å². The molecular weight excluding hydrogens is 583 g/mol. The van der Waals surface area contributed by atoms with Crippen LogP contribution in [0, 0.1) is 0 Å². The van der Waals surface area contributed by atoms with E-state index in [1.165, 1.54) is 6.08 Å². The maximum Gasteiger partial charge on any atom is 0.326 e. The summed E-state index contributed by atoms with van der Waals surface area (Å²) in [6, 6.07) is 5.46. The molecule has 210 valence electrons. The zero-order valence-corrected chi connectivity index (χ0v) is 23.4. The highest BCUT2D eigenvalue weighted by molar-refractivity contribution is 7.94. The van der Waals surface area contributed by atoms with E-state index >= 15 is 0 Å². The number of halogens is 2. The van der Waals surface area contributed by atoms with Crippen LogP contribution >= 0.6 is 23.2 Å². The number of hydrogen-bond donors (Lipinski definition) is 3. The van der Waals surface area contributed by atoms with Gasteiger partial charge in [0, 0.05) is 43.1 Å². The summed E-state index contributed by atoms with van der Waals surface area (Å²) in [5.74, 6) is -2.29. The highest BCUT2D eigenvalue weighted by atomic mass is 35.5. The van der Waals surface area contributed by atoms with E-state index in [0.717, 1.165) is 17.2 Å². The Kier molecular flexibility index (Phi) is 7.51. The molecule has 11 nitrogen and oxygen atoms in total. The van der Waals surface area contributed by atoms with Gasteiger partial charge in [0.25, 0.3) is 11.8 Å². The first kappa shape index (κ1) is 27.9. The van der Waals surface area contributed by atoms with Gasteiger partial charge in [-0.2, -0.15) is 5.10 Å². The van der Waals surface area contributed by atoms with Crippen molar-refractivity contribution in [2.45, 2.75) is 38.0 Å². The maximum atomic E-state index is 13.2. The molecule has 2 amide bonds. The molecule has 5 rings (SSSR count). The van der Waals surface area contributed by atoms with Crippen LogP contribution < -0.4 is 5.32 Å². The lowest BCUT2D eigenvalue weighted by atomic mass is 9.95. The van der Waals surface area contributed by atoms with Crippen LogP contribution in [-0.4, -0.2) is 71.4 Å². The Morgan fingerprint density at radius 3 is 2.75 bits per heavy atom. The lowest BCUT2D eigenvalue weighted by Crippen LogP contribution is -2.43. The Balaban J connectivity index is 1.30. The number of fused-ring (bicyclic) bond motifs is 2. The number of carboxylic acids is 1. The molecule has 0 saturated carbocycles. The number of nitrogens with zero attached hydrogens (tertiary/aromatic N) is 2. The zero-order valence-electron chi connectivity index (χ0n) is 21.1. The Labute approximate surface area is 239 Å². The number of aromatic nitrogens is 2. The Morgan fingerprint density at radius 2 is 2.05 bits per heavy atom. The molecule has 1 aromatic heterocycles. The van der Waals surface area contributed by atoms with Crippen molar-refractivity contribution in [1.29, 1.82) is 0 Å². The second kappa shape index (κ2) is 10.8. The third-order valence-corrected chi connectivity index (χ3v) is 8.61. The van der Waals surface area contributed by atoms with Gasteiger partial charge in [0.2, 0.25) is 14.9 Å².